The molecule has 0 aliphatic rings. The number of benzene rings is 1. The lowest BCUT2D eigenvalue weighted by atomic mass is 10.2. The molecule has 2 rings (SSSR count). The zero-order chi connectivity index (χ0) is 14.9. The number of anilines is 2. The van der Waals surface area contributed by atoms with Gasteiger partial charge in [-0.2, -0.15) is 0 Å². The first-order valence-electron chi connectivity index (χ1n) is 5.37. The van der Waals surface area contributed by atoms with Crippen molar-refractivity contribution in [1.82, 2.24) is 10.2 Å². The number of nitrogens with zero attached hydrogens (tertiary/aromatic N) is 2. The van der Waals surface area contributed by atoms with Gasteiger partial charge in [0.2, 0.25) is 0 Å². The van der Waals surface area contributed by atoms with Crippen LogP contribution in [0, 0.1) is 6.92 Å². The number of nitrogen functional groups attached to an aromatic ring is 1. The Bertz CT molecular complexity index is 750. The number of sulfonamides is 1. The summed E-state index contributed by atoms with van der Waals surface area (Å²) in [5.41, 5.74) is 6.60. The van der Waals surface area contributed by atoms with Crippen LogP contribution in [0.5, 0.6) is 0 Å². The molecule has 1 aromatic carbocycles. The summed E-state index contributed by atoms with van der Waals surface area (Å²) < 4.78 is 27.5. The van der Waals surface area contributed by atoms with Gasteiger partial charge in [-0.1, -0.05) is 27.5 Å². The highest BCUT2D eigenvalue weighted by atomic mass is 79.9. The van der Waals surface area contributed by atoms with Crippen molar-refractivity contribution in [2.75, 3.05) is 10.5 Å². The van der Waals surface area contributed by atoms with Crippen molar-refractivity contribution < 1.29 is 8.42 Å². The SMILES string of the molecule is Cc1c(N)cc(Br)cc1S(=O)(=O)Nc1ccc(Cl)nn1. The predicted octanol–water partition coefficient (Wildman–Crippen LogP) is 2.58. The molecule has 3 N–H and O–H groups in total. The van der Waals surface area contributed by atoms with E-state index in [9.17, 15) is 8.42 Å². The highest BCUT2D eigenvalue weighted by Gasteiger charge is 2.20. The van der Waals surface area contributed by atoms with Crippen molar-refractivity contribution in [3.8, 4) is 0 Å². The van der Waals surface area contributed by atoms with Crippen LogP contribution < -0.4 is 10.5 Å². The third-order valence-electron chi connectivity index (χ3n) is 2.53. The first-order valence-corrected chi connectivity index (χ1v) is 8.02. The largest absolute Gasteiger partial charge is 0.398 e. The Balaban J connectivity index is 2.43. The second kappa shape index (κ2) is 5.55. The van der Waals surface area contributed by atoms with E-state index in [1.54, 1.807) is 13.0 Å². The fourth-order valence-electron chi connectivity index (χ4n) is 1.52. The summed E-state index contributed by atoms with van der Waals surface area (Å²) in [7, 11) is -3.81. The molecule has 106 valence electrons. The van der Waals surface area contributed by atoms with E-state index in [0.717, 1.165) is 0 Å². The highest BCUT2D eigenvalue weighted by molar-refractivity contribution is 9.10. The molecule has 9 heteroatoms. The quantitative estimate of drug-likeness (QED) is 0.801. The number of aromatic nitrogens is 2. The molecule has 0 atom stereocenters. The number of nitrogens with two attached hydrogens (primary N) is 1. The van der Waals surface area contributed by atoms with E-state index in [1.165, 1.54) is 18.2 Å². The highest BCUT2D eigenvalue weighted by Crippen LogP contribution is 2.27. The first-order chi connectivity index (χ1) is 9.29. The number of nitrogens with one attached hydrogen (secondary N) is 1. The van der Waals surface area contributed by atoms with Crippen molar-refractivity contribution in [3.63, 3.8) is 0 Å². The topological polar surface area (TPSA) is 98.0 Å². The van der Waals surface area contributed by atoms with Crippen molar-refractivity contribution in [2.24, 2.45) is 0 Å². The first kappa shape index (κ1) is 15.0. The molecule has 1 heterocycles. The van der Waals surface area contributed by atoms with Crippen LogP contribution in [-0.2, 0) is 10.0 Å². The van der Waals surface area contributed by atoms with Gasteiger partial charge in [0.15, 0.2) is 11.0 Å². The molecule has 0 saturated heterocycles. The third-order valence-corrected chi connectivity index (χ3v) is 4.67. The zero-order valence-electron chi connectivity index (χ0n) is 10.3. The van der Waals surface area contributed by atoms with Gasteiger partial charge in [-0.25, -0.2) is 8.42 Å². The van der Waals surface area contributed by atoms with Gasteiger partial charge in [0.25, 0.3) is 10.0 Å². The Morgan fingerprint density at radius 3 is 2.60 bits per heavy atom. The molecule has 0 fully saturated rings. The van der Waals surface area contributed by atoms with Crippen LogP contribution in [0.3, 0.4) is 0 Å². The molecule has 6 nitrogen and oxygen atoms in total. The van der Waals surface area contributed by atoms with Crippen molar-refractivity contribution in [1.29, 1.82) is 0 Å². The molecule has 0 saturated carbocycles. The molecular weight excluding hydrogens is 368 g/mol. The Morgan fingerprint density at radius 2 is 2.00 bits per heavy atom. The van der Waals surface area contributed by atoms with Gasteiger partial charge in [-0.3, -0.25) is 4.72 Å². The summed E-state index contributed by atoms with van der Waals surface area (Å²) in [6, 6.07) is 5.96. The fourth-order valence-corrected chi connectivity index (χ4v) is 3.54. The summed E-state index contributed by atoms with van der Waals surface area (Å²) in [6.45, 7) is 1.63. The molecular formula is C11H10BrClN4O2S. The number of halogens is 2. The lowest BCUT2D eigenvalue weighted by Crippen LogP contribution is -2.16. The normalized spacial score (nSPS) is 11.3. The van der Waals surface area contributed by atoms with Crippen molar-refractivity contribution >= 4 is 49.1 Å². The second-order valence-corrected chi connectivity index (χ2v) is 6.92. The van der Waals surface area contributed by atoms with Crippen molar-refractivity contribution in [3.05, 3.63) is 39.5 Å². The number of hydrogen-bond donors (Lipinski definition) is 2. The maximum atomic E-state index is 12.3. The Hall–Kier alpha value is -1.38. The maximum Gasteiger partial charge on any atom is 0.263 e. The Kier molecular flexibility index (Phi) is 4.17. The van der Waals surface area contributed by atoms with Gasteiger partial charge < -0.3 is 5.73 Å². The van der Waals surface area contributed by atoms with Gasteiger partial charge in [0.05, 0.1) is 4.90 Å². The smallest absolute Gasteiger partial charge is 0.263 e. The molecule has 0 aliphatic heterocycles. The maximum absolute atomic E-state index is 12.3. The van der Waals surface area contributed by atoms with Crippen LogP contribution in [0.15, 0.2) is 33.6 Å². The average molecular weight is 378 g/mol. The van der Waals surface area contributed by atoms with E-state index in [2.05, 4.69) is 30.8 Å². The van der Waals surface area contributed by atoms with Gasteiger partial charge in [-0.15, -0.1) is 10.2 Å². The van der Waals surface area contributed by atoms with Crippen molar-refractivity contribution in [2.45, 2.75) is 11.8 Å². The van der Waals surface area contributed by atoms with E-state index < -0.39 is 10.0 Å². The van der Waals surface area contributed by atoms with Crippen LogP contribution in [0.4, 0.5) is 11.5 Å². The standard InChI is InChI=1S/C11H10BrClN4O2S/c1-6-8(14)4-7(12)5-9(6)20(18,19)17-11-3-2-10(13)15-16-11/h2-5H,14H2,1H3,(H,16,17). The predicted molar refractivity (Wildman–Crippen MR) is 81.1 cm³/mol. The number of hydrogen-bond acceptors (Lipinski definition) is 5. The van der Waals surface area contributed by atoms with Gasteiger partial charge in [0.1, 0.15) is 0 Å². The minimum absolute atomic E-state index is 0.0705. The fraction of sp³-hybridized carbons (Fsp3) is 0.0909. The average Bonchev–Trinajstić information content (AvgIpc) is 2.36. The molecule has 0 bridgehead atoms. The minimum atomic E-state index is -3.81. The second-order valence-electron chi connectivity index (χ2n) is 3.96. The van der Waals surface area contributed by atoms with Gasteiger partial charge in [0, 0.05) is 10.2 Å². The number of rotatable bonds is 3. The molecule has 2 aromatic rings. The van der Waals surface area contributed by atoms with E-state index in [0.29, 0.717) is 15.7 Å². The molecule has 0 aliphatic carbocycles. The summed E-state index contributed by atoms with van der Waals surface area (Å²) >= 11 is 8.81. The summed E-state index contributed by atoms with van der Waals surface area (Å²) in [5.74, 6) is 0.0762. The Labute approximate surface area is 129 Å². The summed E-state index contributed by atoms with van der Waals surface area (Å²) in [4.78, 5) is 0.0705. The molecule has 1 aromatic heterocycles. The molecule has 0 radical (unpaired) electrons. The zero-order valence-corrected chi connectivity index (χ0v) is 13.4. The molecule has 20 heavy (non-hydrogen) atoms. The van der Waals surface area contributed by atoms with Gasteiger partial charge in [-0.05, 0) is 36.8 Å². The Morgan fingerprint density at radius 1 is 1.30 bits per heavy atom. The van der Waals surface area contributed by atoms with Crippen LogP contribution in [0.1, 0.15) is 5.56 Å². The van der Waals surface area contributed by atoms with Crippen LogP contribution in [-0.4, -0.2) is 18.6 Å². The van der Waals surface area contributed by atoms with E-state index in [4.69, 9.17) is 17.3 Å². The lowest BCUT2D eigenvalue weighted by Gasteiger charge is -2.11. The third kappa shape index (κ3) is 3.20. The monoisotopic (exact) mass is 376 g/mol. The van der Waals surface area contributed by atoms with E-state index in [-0.39, 0.29) is 15.9 Å². The lowest BCUT2D eigenvalue weighted by molar-refractivity contribution is 0.600. The van der Waals surface area contributed by atoms with E-state index in [1.807, 2.05) is 0 Å². The van der Waals surface area contributed by atoms with Gasteiger partial charge >= 0.3 is 0 Å². The van der Waals surface area contributed by atoms with Crippen LogP contribution >= 0.6 is 27.5 Å². The van der Waals surface area contributed by atoms with E-state index >= 15 is 0 Å². The molecule has 0 spiro atoms. The van der Waals surface area contributed by atoms with Crippen LogP contribution in [0.25, 0.3) is 0 Å². The molecule has 0 unspecified atom stereocenters. The minimum Gasteiger partial charge on any atom is -0.398 e. The molecule has 0 amide bonds. The summed E-state index contributed by atoms with van der Waals surface area (Å²) in [6.07, 6.45) is 0. The summed E-state index contributed by atoms with van der Waals surface area (Å²) in [5, 5.41) is 7.39. The van der Waals surface area contributed by atoms with Crippen LogP contribution in [0.2, 0.25) is 5.15 Å².